The highest BCUT2D eigenvalue weighted by Crippen LogP contribution is 2.11. The van der Waals surface area contributed by atoms with Crippen LogP contribution in [0.3, 0.4) is 0 Å². The van der Waals surface area contributed by atoms with Crippen molar-refractivity contribution in [1.82, 2.24) is 9.80 Å². The van der Waals surface area contributed by atoms with Gasteiger partial charge < -0.3 is 15.5 Å². The number of nitrogen functional groups attached to an aromatic ring is 1. The Balaban J connectivity index is 2.76. The molecule has 0 saturated heterocycles. The molecule has 19 heavy (non-hydrogen) atoms. The van der Waals surface area contributed by atoms with Gasteiger partial charge in [0.15, 0.2) is 0 Å². The lowest BCUT2D eigenvalue weighted by atomic mass is 10.2. The van der Waals surface area contributed by atoms with Crippen molar-refractivity contribution in [2.45, 2.75) is 33.7 Å². The highest BCUT2D eigenvalue weighted by Gasteiger charge is 2.17. The van der Waals surface area contributed by atoms with Crippen LogP contribution in [0.2, 0.25) is 0 Å². The van der Waals surface area contributed by atoms with Crippen molar-refractivity contribution in [3.8, 4) is 0 Å². The van der Waals surface area contributed by atoms with E-state index in [0.717, 1.165) is 37.3 Å². The van der Waals surface area contributed by atoms with Gasteiger partial charge in [-0.25, -0.2) is 4.79 Å². The first-order chi connectivity index (χ1) is 9.12. The Morgan fingerprint density at radius 1 is 1.05 bits per heavy atom. The fraction of sp³-hybridized carbons (Fsp3) is 0.533. The standard InChI is InChI=1S/C15H25N3O/c1-4-11-18(15(19)17(5-2)6-3)12-13-7-9-14(16)10-8-13/h7-10H,4-6,11-12,16H2,1-3H3. The first-order valence-electron chi connectivity index (χ1n) is 7.00. The summed E-state index contributed by atoms with van der Waals surface area (Å²) in [5.41, 5.74) is 7.54. The van der Waals surface area contributed by atoms with Crippen LogP contribution in [-0.2, 0) is 6.54 Å². The van der Waals surface area contributed by atoms with Crippen LogP contribution < -0.4 is 5.73 Å². The van der Waals surface area contributed by atoms with Gasteiger partial charge in [0.25, 0.3) is 0 Å². The van der Waals surface area contributed by atoms with Crippen LogP contribution in [0, 0.1) is 0 Å². The van der Waals surface area contributed by atoms with Crippen molar-refractivity contribution in [1.29, 1.82) is 0 Å². The van der Waals surface area contributed by atoms with Gasteiger partial charge in [-0.15, -0.1) is 0 Å². The van der Waals surface area contributed by atoms with Crippen molar-refractivity contribution in [3.63, 3.8) is 0 Å². The molecule has 1 aromatic carbocycles. The minimum atomic E-state index is 0.115. The van der Waals surface area contributed by atoms with Crippen LogP contribution in [-0.4, -0.2) is 35.5 Å². The molecule has 0 aliphatic carbocycles. The molecule has 1 aromatic rings. The molecule has 0 heterocycles. The van der Waals surface area contributed by atoms with E-state index in [9.17, 15) is 4.79 Å². The summed E-state index contributed by atoms with van der Waals surface area (Å²) in [4.78, 5) is 16.1. The lowest BCUT2D eigenvalue weighted by molar-refractivity contribution is 0.154. The third-order valence-electron chi connectivity index (χ3n) is 3.15. The third-order valence-corrected chi connectivity index (χ3v) is 3.15. The molecule has 0 radical (unpaired) electrons. The second-order valence-corrected chi connectivity index (χ2v) is 4.62. The molecule has 4 heteroatoms. The summed E-state index contributed by atoms with van der Waals surface area (Å²) >= 11 is 0. The maximum absolute atomic E-state index is 12.4. The number of carbonyl (C=O) groups excluding carboxylic acids is 1. The Morgan fingerprint density at radius 2 is 1.63 bits per heavy atom. The van der Waals surface area contributed by atoms with Gasteiger partial charge in [0.05, 0.1) is 0 Å². The summed E-state index contributed by atoms with van der Waals surface area (Å²) in [5.74, 6) is 0. The van der Waals surface area contributed by atoms with E-state index in [4.69, 9.17) is 5.73 Å². The van der Waals surface area contributed by atoms with Gasteiger partial charge in [-0.2, -0.15) is 0 Å². The van der Waals surface area contributed by atoms with E-state index in [-0.39, 0.29) is 6.03 Å². The summed E-state index contributed by atoms with van der Waals surface area (Å²) in [5, 5.41) is 0. The van der Waals surface area contributed by atoms with Crippen LogP contribution in [0.5, 0.6) is 0 Å². The summed E-state index contributed by atoms with van der Waals surface area (Å²) in [6, 6.07) is 7.83. The molecule has 2 amide bonds. The predicted octanol–water partition coefficient (Wildman–Crippen LogP) is 2.94. The number of nitrogens with zero attached hydrogens (tertiary/aromatic N) is 2. The van der Waals surface area contributed by atoms with Gasteiger partial charge in [0.1, 0.15) is 0 Å². The zero-order valence-electron chi connectivity index (χ0n) is 12.2. The third kappa shape index (κ3) is 4.47. The highest BCUT2D eigenvalue weighted by molar-refractivity contribution is 5.74. The number of benzene rings is 1. The van der Waals surface area contributed by atoms with Crippen LogP contribution >= 0.6 is 0 Å². The molecule has 0 atom stereocenters. The van der Waals surface area contributed by atoms with E-state index in [0.29, 0.717) is 6.54 Å². The number of anilines is 1. The van der Waals surface area contributed by atoms with E-state index >= 15 is 0 Å². The molecule has 1 rings (SSSR count). The molecule has 0 aromatic heterocycles. The molecular weight excluding hydrogens is 238 g/mol. The van der Waals surface area contributed by atoms with Crippen molar-refractivity contribution < 1.29 is 4.79 Å². The molecule has 2 N–H and O–H groups in total. The normalized spacial score (nSPS) is 10.3. The molecule has 106 valence electrons. The lowest BCUT2D eigenvalue weighted by Crippen LogP contribution is -2.43. The van der Waals surface area contributed by atoms with Crippen molar-refractivity contribution in [3.05, 3.63) is 29.8 Å². The van der Waals surface area contributed by atoms with Crippen molar-refractivity contribution >= 4 is 11.7 Å². The molecule has 0 aliphatic heterocycles. The SMILES string of the molecule is CCCN(Cc1ccc(N)cc1)C(=O)N(CC)CC. The average molecular weight is 263 g/mol. The maximum Gasteiger partial charge on any atom is 0.320 e. The quantitative estimate of drug-likeness (QED) is 0.802. The van der Waals surface area contributed by atoms with E-state index < -0.39 is 0 Å². The number of rotatable bonds is 6. The fourth-order valence-electron chi connectivity index (χ4n) is 2.05. The maximum atomic E-state index is 12.4. The van der Waals surface area contributed by atoms with Gasteiger partial charge in [-0.05, 0) is 38.0 Å². The van der Waals surface area contributed by atoms with Gasteiger partial charge in [0.2, 0.25) is 0 Å². The summed E-state index contributed by atoms with van der Waals surface area (Å²) < 4.78 is 0. The Morgan fingerprint density at radius 3 is 2.11 bits per heavy atom. The number of hydrogen-bond donors (Lipinski definition) is 1. The van der Waals surface area contributed by atoms with E-state index in [1.807, 2.05) is 47.9 Å². The number of amides is 2. The average Bonchev–Trinajstić information content (AvgIpc) is 2.42. The Kier molecular flexibility index (Phi) is 6.19. The molecule has 0 unspecified atom stereocenters. The smallest absolute Gasteiger partial charge is 0.320 e. The Bertz CT molecular complexity index is 385. The van der Waals surface area contributed by atoms with Crippen LogP contribution in [0.4, 0.5) is 10.5 Å². The Labute approximate surface area is 116 Å². The highest BCUT2D eigenvalue weighted by atomic mass is 16.2. The molecule has 0 bridgehead atoms. The minimum Gasteiger partial charge on any atom is -0.399 e. The second kappa shape index (κ2) is 7.67. The molecule has 0 saturated carbocycles. The van der Waals surface area contributed by atoms with Crippen LogP contribution in [0.15, 0.2) is 24.3 Å². The number of nitrogens with two attached hydrogens (primary N) is 1. The predicted molar refractivity (Wildman–Crippen MR) is 79.9 cm³/mol. The van der Waals surface area contributed by atoms with Crippen molar-refractivity contribution in [2.24, 2.45) is 0 Å². The Hall–Kier alpha value is -1.71. The number of carbonyl (C=O) groups is 1. The topological polar surface area (TPSA) is 49.6 Å². The van der Waals surface area contributed by atoms with E-state index in [1.165, 1.54) is 0 Å². The largest absolute Gasteiger partial charge is 0.399 e. The van der Waals surface area contributed by atoms with Gasteiger partial charge >= 0.3 is 6.03 Å². The van der Waals surface area contributed by atoms with Crippen LogP contribution in [0.1, 0.15) is 32.8 Å². The fourth-order valence-corrected chi connectivity index (χ4v) is 2.05. The molecule has 0 spiro atoms. The number of hydrogen-bond acceptors (Lipinski definition) is 2. The zero-order chi connectivity index (χ0) is 14.3. The molecular formula is C15H25N3O. The first-order valence-corrected chi connectivity index (χ1v) is 7.00. The second-order valence-electron chi connectivity index (χ2n) is 4.62. The van der Waals surface area contributed by atoms with Crippen LogP contribution in [0.25, 0.3) is 0 Å². The van der Waals surface area contributed by atoms with Gasteiger partial charge in [0, 0.05) is 31.9 Å². The van der Waals surface area contributed by atoms with Gasteiger partial charge in [-0.1, -0.05) is 19.1 Å². The summed E-state index contributed by atoms with van der Waals surface area (Å²) in [7, 11) is 0. The van der Waals surface area contributed by atoms with Gasteiger partial charge in [-0.3, -0.25) is 0 Å². The first kappa shape index (κ1) is 15.3. The zero-order valence-corrected chi connectivity index (χ0v) is 12.2. The number of urea groups is 1. The minimum absolute atomic E-state index is 0.115. The molecule has 0 fully saturated rings. The van der Waals surface area contributed by atoms with E-state index in [2.05, 4.69) is 6.92 Å². The lowest BCUT2D eigenvalue weighted by Gasteiger charge is -2.29. The van der Waals surface area contributed by atoms with E-state index in [1.54, 1.807) is 0 Å². The summed E-state index contributed by atoms with van der Waals surface area (Å²) in [6.45, 7) is 9.02. The summed E-state index contributed by atoms with van der Waals surface area (Å²) in [6.07, 6.45) is 0.960. The monoisotopic (exact) mass is 263 g/mol. The molecule has 0 aliphatic rings. The van der Waals surface area contributed by atoms with Crippen molar-refractivity contribution in [2.75, 3.05) is 25.4 Å². The molecule has 4 nitrogen and oxygen atoms in total.